The summed E-state index contributed by atoms with van der Waals surface area (Å²) < 4.78 is 20.5. The minimum Gasteiger partial charge on any atom is -0.416 e. The molecule has 0 aromatic carbocycles. The molecule has 4 unspecified atom stereocenters. The van der Waals surface area contributed by atoms with Gasteiger partial charge in [0, 0.05) is 6.20 Å². The number of nitrogens with two attached hydrogens (primary N) is 1. The average Bonchev–Trinajstić information content (AvgIpc) is 3.02. The molecular formula is C19H37N3O5Si2. The van der Waals surface area contributed by atoms with Crippen LogP contribution in [0.25, 0.3) is 0 Å². The fraction of sp³-hybridized carbons (Fsp3) is 0.789. The van der Waals surface area contributed by atoms with Gasteiger partial charge in [0.1, 0.15) is 24.1 Å². The SMILES string of the molecule is CCC(CC)(O[SiH2]C)C1OC(n2ccc(N)nc2=O)C(O[Si](C)(CC)CC)C1O. The van der Waals surface area contributed by atoms with Crippen LogP contribution in [-0.2, 0) is 13.6 Å². The molecule has 1 saturated heterocycles. The molecule has 0 saturated carbocycles. The molecule has 1 aromatic heterocycles. The molecule has 3 N–H and O–H groups in total. The van der Waals surface area contributed by atoms with E-state index in [1.54, 1.807) is 12.3 Å². The summed E-state index contributed by atoms with van der Waals surface area (Å²) in [6.07, 6.45) is 0.0328. The van der Waals surface area contributed by atoms with Crippen LogP contribution in [0.15, 0.2) is 17.1 Å². The molecule has 166 valence electrons. The maximum atomic E-state index is 12.5. The standard InChI is InChI=1S/C19H37N3O5Si2/c1-7-19(8-2,27-28-5)16-14(23)15(26-29(6,9-3)10-4)17(25-16)22-12-11-13(20)21-18(22)24/h11-12,14-17,23H,7-10,28H2,1-6H3,(H2,20,21,24). The van der Waals surface area contributed by atoms with Crippen molar-refractivity contribution < 1.29 is 18.7 Å². The van der Waals surface area contributed by atoms with Crippen molar-refractivity contribution in [3.8, 4) is 0 Å². The lowest BCUT2D eigenvalue weighted by molar-refractivity contribution is -0.131. The fourth-order valence-electron chi connectivity index (χ4n) is 4.03. The van der Waals surface area contributed by atoms with Crippen molar-refractivity contribution in [2.24, 2.45) is 0 Å². The lowest BCUT2D eigenvalue weighted by Gasteiger charge is -2.39. The quantitative estimate of drug-likeness (QED) is 0.531. The number of ether oxygens (including phenoxy) is 1. The molecule has 29 heavy (non-hydrogen) atoms. The number of hydrogen-bond donors (Lipinski definition) is 2. The van der Waals surface area contributed by atoms with E-state index in [4.69, 9.17) is 19.3 Å². The molecule has 0 spiro atoms. The van der Waals surface area contributed by atoms with Gasteiger partial charge < -0.3 is 24.4 Å². The first-order chi connectivity index (χ1) is 13.7. The van der Waals surface area contributed by atoms with Gasteiger partial charge in [0.25, 0.3) is 0 Å². The highest BCUT2D eigenvalue weighted by molar-refractivity contribution is 6.72. The predicted molar refractivity (Wildman–Crippen MR) is 119 cm³/mol. The Hall–Kier alpha value is -1.05. The molecule has 0 bridgehead atoms. The van der Waals surface area contributed by atoms with Gasteiger partial charge in [-0.2, -0.15) is 4.98 Å². The van der Waals surface area contributed by atoms with Gasteiger partial charge in [-0.15, -0.1) is 0 Å². The maximum absolute atomic E-state index is 12.5. The number of anilines is 1. The molecule has 10 heteroatoms. The summed E-state index contributed by atoms with van der Waals surface area (Å²) in [5.41, 5.74) is 4.54. The van der Waals surface area contributed by atoms with Gasteiger partial charge in [0.2, 0.25) is 0 Å². The summed E-state index contributed by atoms with van der Waals surface area (Å²) in [6, 6.07) is 3.37. The Kier molecular flexibility index (Phi) is 8.22. The van der Waals surface area contributed by atoms with Crippen LogP contribution < -0.4 is 11.4 Å². The summed E-state index contributed by atoms with van der Waals surface area (Å²) in [7, 11) is -2.81. The molecule has 0 radical (unpaired) electrons. The molecule has 8 nitrogen and oxygen atoms in total. The minimum atomic E-state index is -2.07. The van der Waals surface area contributed by atoms with E-state index < -0.39 is 53.9 Å². The number of nitrogen functional groups attached to an aromatic ring is 1. The van der Waals surface area contributed by atoms with Crippen molar-refractivity contribution in [3.63, 3.8) is 0 Å². The normalized spacial score (nSPS) is 25.9. The molecule has 0 amide bonds. The Labute approximate surface area is 176 Å². The summed E-state index contributed by atoms with van der Waals surface area (Å²) in [6.45, 7) is 12.5. The van der Waals surface area contributed by atoms with E-state index in [9.17, 15) is 9.90 Å². The largest absolute Gasteiger partial charge is 0.416 e. The highest BCUT2D eigenvalue weighted by Crippen LogP contribution is 2.42. The molecule has 2 heterocycles. The highest BCUT2D eigenvalue weighted by Gasteiger charge is 2.55. The molecule has 1 aliphatic rings. The van der Waals surface area contributed by atoms with Crippen molar-refractivity contribution >= 4 is 23.9 Å². The Bertz CT molecular complexity index is 724. The van der Waals surface area contributed by atoms with Crippen LogP contribution in [0.5, 0.6) is 0 Å². The van der Waals surface area contributed by atoms with Gasteiger partial charge >= 0.3 is 5.69 Å². The van der Waals surface area contributed by atoms with Gasteiger partial charge in [0.05, 0.1) is 5.60 Å². The fourth-order valence-corrected chi connectivity index (χ4v) is 6.92. The number of aromatic nitrogens is 2. The molecule has 1 fully saturated rings. The van der Waals surface area contributed by atoms with Gasteiger partial charge in [-0.25, -0.2) is 4.79 Å². The first-order valence-electron chi connectivity index (χ1n) is 10.7. The van der Waals surface area contributed by atoms with Crippen molar-refractivity contribution in [1.29, 1.82) is 0 Å². The Morgan fingerprint density at radius 1 is 1.34 bits per heavy atom. The van der Waals surface area contributed by atoms with E-state index in [-0.39, 0.29) is 5.82 Å². The van der Waals surface area contributed by atoms with E-state index in [0.717, 1.165) is 12.1 Å². The second-order valence-corrected chi connectivity index (χ2v) is 13.3. The van der Waals surface area contributed by atoms with Gasteiger partial charge in [-0.05, 0) is 37.5 Å². The molecule has 1 aliphatic heterocycles. The van der Waals surface area contributed by atoms with Crippen LogP contribution in [-0.4, -0.2) is 56.7 Å². The Morgan fingerprint density at radius 3 is 2.45 bits per heavy atom. The minimum absolute atomic E-state index is 0.150. The van der Waals surface area contributed by atoms with Crippen molar-refractivity contribution in [2.45, 2.75) is 95.9 Å². The van der Waals surface area contributed by atoms with Crippen molar-refractivity contribution in [3.05, 3.63) is 22.7 Å². The van der Waals surface area contributed by atoms with Gasteiger partial charge in [-0.1, -0.05) is 34.2 Å². The number of nitrogens with zero attached hydrogens (tertiary/aromatic N) is 2. The number of hydrogen-bond acceptors (Lipinski definition) is 7. The second kappa shape index (κ2) is 9.84. The van der Waals surface area contributed by atoms with Gasteiger partial charge in [0.15, 0.2) is 24.3 Å². The second-order valence-electron chi connectivity index (χ2n) is 7.92. The third-order valence-corrected chi connectivity index (χ3v) is 11.1. The summed E-state index contributed by atoms with van der Waals surface area (Å²) in [5, 5.41) is 11.4. The summed E-state index contributed by atoms with van der Waals surface area (Å²) >= 11 is 0. The van der Waals surface area contributed by atoms with E-state index in [0.29, 0.717) is 12.8 Å². The third-order valence-electron chi connectivity index (χ3n) is 6.40. The zero-order valence-corrected chi connectivity index (χ0v) is 21.0. The predicted octanol–water partition coefficient (Wildman–Crippen LogP) is 1.79. The molecule has 0 aliphatic carbocycles. The van der Waals surface area contributed by atoms with E-state index in [2.05, 4.69) is 31.9 Å². The van der Waals surface area contributed by atoms with Crippen LogP contribution >= 0.6 is 0 Å². The van der Waals surface area contributed by atoms with E-state index >= 15 is 0 Å². The van der Waals surface area contributed by atoms with Crippen LogP contribution in [0.1, 0.15) is 46.8 Å². The van der Waals surface area contributed by atoms with Crippen LogP contribution in [0.4, 0.5) is 5.82 Å². The number of aliphatic hydroxyl groups is 1. The molecular weight excluding hydrogens is 406 g/mol. The van der Waals surface area contributed by atoms with Crippen molar-refractivity contribution in [1.82, 2.24) is 9.55 Å². The maximum Gasteiger partial charge on any atom is 0.351 e. The van der Waals surface area contributed by atoms with E-state index in [1.165, 1.54) is 4.57 Å². The average molecular weight is 444 g/mol. The van der Waals surface area contributed by atoms with Gasteiger partial charge in [-0.3, -0.25) is 4.57 Å². The lowest BCUT2D eigenvalue weighted by Crippen LogP contribution is -2.52. The lowest BCUT2D eigenvalue weighted by atomic mass is 9.87. The number of rotatable bonds is 10. The van der Waals surface area contributed by atoms with Crippen LogP contribution in [0.2, 0.25) is 25.2 Å². The highest BCUT2D eigenvalue weighted by atomic mass is 28.4. The first kappa shape index (κ1) is 24.2. The smallest absolute Gasteiger partial charge is 0.351 e. The number of aliphatic hydroxyl groups excluding tert-OH is 1. The molecule has 1 aromatic rings. The van der Waals surface area contributed by atoms with Crippen LogP contribution in [0, 0.1) is 0 Å². The summed E-state index contributed by atoms with van der Waals surface area (Å²) in [5.74, 6) is 0.150. The van der Waals surface area contributed by atoms with E-state index in [1.807, 2.05) is 13.8 Å². The summed E-state index contributed by atoms with van der Waals surface area (Å²) in [4.78, 5) is 16.4. The molecule has 4 atom stereocenters. The first-order valence-corrected chi connectivity index (χ1v) is 15.5. The topological polar surface area (TPSA) is 109 Å². The Morgan fingerprint density at radius 2 is 1.97 bits per heavy atom. The van der Waals surface area contributed by atoms with Crippen LogP contribution in [0.3, 0.4) is 0 Å². The Balaban J connectivity index is 2.51. The van der Waals surface area contributed by atoms with Crippen molar-refractivity contribution in [2.75, 3.05) is 5.73 Å². The monoisotopic (exact) mass is 443 g/mol. The third kappa shape index (κ3) is 4.83. The molecule has 2 rings (SSSR count). The zero-order chi connectivity index (χ0) is 21.8. The zero-order valence-electron chi connectivity index (χ0n) is 18.6.